The van der Waals surface area contributed by atoms with Gasteiger partial charge in [0.05, 0.1) is 13.3 Å². The van der Waals surface area contributed by atoms with E-state index < -0.39 is 0 Å². The van der Waals surface area contributed by atoms with Gasteiger partial charge in [0.25, 0.3) is 0 Å². The third kappa shape index (κ3) is 4.55. The first-order chi connectivity index (χ1) is 13.1. The van der Waals surface area contributed by atoms with E-state index >= 15 is 0 Å². The summed E-state index contributed by atoms with van der Waals surface area (Å²) in [6.07, 6.45) is 2.95. The summed E-state index contributed by atoms with van der Waals surface area (Å²) in [5, 5.41) is 10.4. The molecule has 0 amide bonds. The van der Waals surface area contributed by atoms with Crippen LogP contribution in [0.2, 0.25) is 0 Å². The molecule has 0 bridgehead atoms. The maximum absolute atomic E-state index is 10.4. The average Bonchev–Trinajstić information content (AvgIpc) is 2.67. The van der Waals surface area contributed by atoms with Gasteiger partial charge in [0.2, 0.25) is 0 Å². The first-order valence-corrected chi connectivity index (χ1v) is 8.29. The number of aromatic hydroxyl groups is 1. The van der Waals surface area contributed by atoms with Crippen molar-refractivity contribution in [1.82, 2.24) is 9.97 Å². The van der Waals surface area contributed by atoms with E-state index in [1.165, 1.54) is 12.4 Å². The predicted octanol–water partition coefficient (Wildman–Crippen LogP) is 4.61. The number of phenolic OH excluding ortho intramolecular Hbond substituents is 1. The van der Waals surface area contributed by atoms with Crippen LogP contribution >= 0.6 is 0 Å². The average molecular weight is 364 g/mol. The fourth-order valence-corrected chi connectivity index (χ4v) is 2.39. The zero-order chi connectivity index (χ0) is 19.2. The molecule has 0 aliphatic carbocycles. The van der Waals surface area contributed by atoms with Crippen molar-refractivity contribution in [3.8, 4) is 40.0 Å². The van der Waals surface area contributed by atoms with Gasteiger partial charge in [-0.3, -0.25) is 0 Å². The monoisotopic (exact) mass is 364 g/mol. The summed E-state index contributed by atoms with van der Waals surface area (Å²) in [6, 6.07) is 12.2. The molecule has 0 fully saturated rings. The van der Waals surface area contributed by atoms with Crippen LogP contribution in [-0.2, 0) is 0 Å². The Hall–Kier alpha value is -3.54. The van der Waals surface area contributed by atoms with Crippen molar-refractivity contribution in [1.29, 1.82) is 0 Å². The number of methoxy groups -OCH3 is 1. The topological polar surface area (TPSA) is 73.7 Å². The highest BCUT2D eigenvalue weighted by molar-refractivity contribution is 5.72. The number of rotatable bonds is 7. The molecule has 0 saturated heterocycles. The summed E-state index contributed by atoms with van der Waals surface area (Å²) in [6.45, 7) is 6.05. The molecule has 2 aromatic carbocycles. The Morgan fingerprint density at radius 3 is 2.67 bits per heavy atom. The minimum Gasteiger partial charge on any atom is -0.507 e. The van der Waals surface area contributed by atoms with E-state index in [9.17, 15) is 5.11 Å². The molecule has 6 heteroatoms. The summed E-state index contributed by atoms with van der Waals surface area (Å²) >= 11 is 0. The van der Waals surface area contributed by atoms with Crippen LogP contribution in [0.4, 0.5) is 0 Å². The fourth-order valence-electron chi connectivity index (χ4n) is 2.39. The van der Waals surface area contributed by atoms with Gasteiger partial charge in [0, 0.05) is 17.7 Å². The van der Waals surface area contributed by atoms with Crippen molar-refractivity contribution >= 4 is 0 Å². The van der Waals surface area contributed by atoms with Gasteiger partial charge in [0.1, 0.15) is 41.6 Å². The van der Waals surface area contributed by atoms with E-state index in [1.807, 2.05) is 19.1 Å². The SMILES string of the molecule is C=C(C)COc1ccc(-c2ncncc2Oc2cccc(OC)c2)c(O)c1. The zero-order valence-corrected chi connectivity index (χ0v) is 15.2. The summed E-state index contributed by atoms with van der Waals surface area (Å²) in [5.41, 5.74) is 1.87. The molecule has 6 nitrogen and oxygen atoms in total. The van der Waals surface area contributed by atoms with Crippen molar-refractivity contribution in [2.45, 2.75) is 6.92 Å². The van der Waals surface area contributed by atoms with E-state index in [1.54, 1.807) is 37.6 Å². The van der Waals surface area contributed by atoms with Crippen LogP contribution in [0.25, 0.3) is 11.3 Å². The van der Waals surface area contributed by atoms with Crippen molar-refractivity contribution in [3.63, 3.8) is 0 Å². The highest BCUT2D eigenvalue weighted by Gasteiger charge is 2.14. The Kier molecular flexibility index (Phi) is 5.56. The Balaban J connectivity index is 1.90. The number of hydrogen-bond donors (Lipinski definition) is 1. The van der Waals surface area contributed by atoms with Crippen molar-refractivity contribution < 1.29 is 19.3 Å². The second-order valence-corrected chi connectivity index (χ2v) is 5.94. The lowest BCUT2D eigenvalue weighted by molar-refractivity contribution is 0.350. The van der Waals surface area contributed by atoms with E-state index in [-0.39, 0.29) is 5.75 Å². The summed E-state index contributed by atoms with van der Waals surface area (Å²) in [5.74, 6) is 2.24. The lowest BCUT2D eigenvalue weighted by Gasteiger charge is -2.13. The van der Waals surface area contributed by atoms with Gasteiger partial charge >= 0.3 is 0 Å². The Bertz CT molecular complexity index is 956. The third-order valence-corrected chi connectivity index (χ3v) is 3.66. The maximum atomic E-state index is 10.4. The number of aromatic nitrogens is 2. The van der Waals surface area contributed by atoms with Crippen molar-refractivity contribution in [2.24, 2.45) is 0 Å². The fraction of sp³-hybridized carbons (Fsp3) is 0.143. The van der Waals surface area contributed by atoms with Gasteiger partial charge in [-0.1, -0.05) is 12.6 Å². The Labute approximate surface area is 157 Å². The van der Waals surface area contributed by atoms with Gasteiger partial charge in [-0.25, -0.2) is 9.97 Å². The molecule has 0 spiro atoms. The number of phenols is 1. The second kappa shape index (κ2) is 8.23. The van der Waals surface area contributed by atoms with Crippen LogP contribution < -0.4 is 14.2 Å². The normalized spacial score (nSPS) is 10.3. The van der Waals surface area contributed by atoms with Crippen molar-refractivity contribution in [2.75, 3.05) is 13.7 Å². The van der Waals surface area contributed by atoms with E-state index in [2.05, 4.69) is 16.5 Å². The molecule has 0 radical (unpaired) electrons. The molecule has 0 unspecified atom stereocenters. The maximum Gasteiger partial charge on any atom is 0.172 e. The zero-order valence-electron chi connectivity index (χ0n) is 15.2. The largest absolute Gasteiger partial charge is 0.507 e. The lowest BCUT2D eigenvalue weighted by atomic mass is 10.1. The molecular formula is C21H20N2O4. The Morgan fingerprint density at radius 2 is 1.93 bits per heavy atom. The number of nitrogens with zero attached hydrogens (tertiary/aromatic N) is 2. The van der Waals surface area contributed by atoms with Crippen LogP contribution in [0.5, 0.6) is 28.7 Å². The molecule has 1 aromatic heterocycles. The quantitative estimate of drug-likeness (QED) is 0.618. The van der Waals surface area contributed by atoms with Crippen LogP contribution in [0.1, 0.15) is 6.92 Å². The summed E-state index contributed by atoms with van der Waals surface area (Å²) in [4.78, 5) is 8.29. The van der Waals surface area contributed by atoms with Crippen LogP contribution in [0.3, 0.4) is 0 Å². The molecule has 3 aromatic rings. The molecule has 27 heavy (non-hydrogen) atoms. The smallest absolute Gasteiger partial charge is 0.172 e. The lowest BCUT2D eigenvalue weighted by Crippen LogP contribution is -1.98. The highest BCUT2D eigenvalue weighted by atomic mass is 16.5. The molecular weight excluding hydrogens is 344 g/mol. The minimum atomic E-state index is 0.0309. The molecule has 1 N–H and O–H groups in total. The first kappa shape index (κ1) is 18.3. The van der Waals surface area contributed by atoms with E-state index in [4.69, 9.17) is 14.2 Å². The molecule has 0 aliphatic heterocycles. The van der Waals surface area contributed by atoms with Gasteiger partial charge in [0.15, 0.2) is 5.75 Å². The van der Waals surface area contributed by atoms with Gasteiger partial charge in [-0.15, -0.1) is 0 Å². The van der Waals surface area contributed by atoms with Gasteiger partial charge in [-0.2, -0.15) is 0 Å². The molecule has 0 atom stereocenters. The number of hydrogen-bond acceptors (Lipinski definition) is 6. The van der Waals surface area contributed by atoms with Crippen LogP contribution in [0, 0.1) is 0 Å². The van der Waals surface area contributed by atoms with Crippen LogP contribution in [-0.4, -0.2) is 28.8 Å². The van der Waals surface area contributed by atoms with E-state index in [0.717, 1.165) is 5.57 Å². The second-order valence-electron chi connectivity index (χ2n) is 5.94. The molecule has 0 saturated carbocycles. The standard InChI is InChI=1S/C21H20N2O4/c1-14(2)12-26-16-7-8-18(19(24)10-16)21-20(11-22-13-23-21)27-17-6-4-5-15(9-17)25-3/h4-11,13,24H,1,12H2,2-3H3. The van der Waals surface area contributed by atoms with E-state index in [0.29, 0.717) is 40.9 Å². The van der Waals surface area contributed by atoms with Gasteiger partial charge in [-0.05, 0) is 36.8 Å². The van der Waals surface area contributed by atoms with Crippen LogP contribution in [0.15, 0.2) is 67.1 Å². The molecule has 3 rings (SSSR count). The third-order valence-electron chi connectivity index (χ3n) is 3.66. The Morgan fingerprint density at radius 1 is 1.11 bits per heavy atom. The number of ether oxygens (including phenoxy) is 3. The van der Waals surface area contributed by atoms with Gasteiger partial charge < -0.3 is 19.3 Å². The molecule has 0 aliphatic rings. The first-order valence-electron chi connectivity index (χ1n) is 8.29. The summed E-state index contributed by atoms with van der Waals surface area (Å²) in [7, 11) is 1.59. The molecule has 138 valence electrons. The number of benzene rings is 2. The molecule has 1 heterocycles. The minimum absolute atomic E-state index is 0.0309. The van der Waals surface area contributed by atoms with Crippen molar-refractivity contribution in [3.05, 3.63) is 67.1 Å². The predicted molar refractivity (Wildman–Crippen MR) is 103 cm³/mol. The highest BCUT2D eigenvalue weighted by Crippen LogP contribution is 2.37. The summed E-state index contributed by atoms with van der Waals surface area (Å²) < 4.78 is 16.7.